The molecule has 0 saturated carbocycles. The van der Waals surface area contributed by atoms with Gasteiger partial charge in [-0.05, 0) is 31.4 Å². The number of rotatable bonds is 2. The number of hydrogen-bond donors (Lipinski definition) is 0. The lowest BCUT2D eigenvalue weighted by atomic mass is 10.0. The highest BCUT2D eigenvalue weighted by atomic mass is 32.2. The van der Waals surface area contributed by atoms with Crippen molar-refractivity contribution in [3.63, 3.8) is 0 Å². The van der Waals surface area contributed by atoms with Gasteiger partial charge in [-0.1, -0.05) is 18.7 Å². The Kier molecular flexibility index (Phi) is 2.78. The summed E-state index contributed by atoms with van der Waals surface area (Å²) in [7, 11) is 0. The highest BCUT2D eigenvalue weighted by Gasteiger charge is 2.13. The monoisotopic (exact) mass is 195 g/mol. The SMILES string of the molecule is CCSc1nnc2c(n1)CCCC2. The largest absolute Gasteiger partial charge is 0.224 e. The predicted molar refractivity (Wildman–Crippen MR) is 52.9 cm³/mol. The summed E-state index contributed by atoms with van der Waals surface area (Å²) in [4.78, 5) is 4.49. The zero-order valence-corrected chi connectivity index (χ0v) is 8.60. The van der Waals surface area contributed by atoms with E-state index in [0.29, 0.717) is 0 Å². The van der Waals surface area contributed by atoms with E-state index in [0.717, 1.165) is 29.4 Å². The maximum absolute atomic E-state index is 4.49. The molecule has 1 aromatic heterocycles. The van der Waals surface area contributed by atoms with Crippen LogP contribution in [0.15, 0.2) is 5.16 Å². The zero-order valence-electron chi connectivity index (χ0n) is 7.79. The summed E-state index contributed by atoms with van der Waals surface area (Å²) in [6, 6.07) is 0. The van der Waals surface area contributed by atoms with Crippen LogP contribution in [0.1, 0.15) is 31.2 Å². The summed E-state index contributed by atoms with van der Waals surface area (Å²) < 4.78 is 0. The van der Waals surface area contributed by atoms with Gasteiger partial charge in [0.1, 0.15) is 0 Å². The molecule has 1 heterocycles. The van der Waals surface area contributed by atoms with Crippen molar-refractivity contribution >= 4 is 11.8 Å². The van der Waals surface area contributed by atoms with Crippen molar-refractivity contribution in [2.24, 2.45) is 0 Å². The highest BCUT2D eigenvalue weighted by molar-refractivity contribution is 7.99. The van der Waals surface area contributed by atoms with E-state index >= 15 is 0 Å². The van der Waals surface area contributed by atoms with Gasteiger partial charge in [-0.15, -0.1) is 5.10 Å². The summed E-state index contributed by atoms with van der Waals surface area (Å²) in [5.41, 5.74) is 2.30. The molecule has 1 aliphatic rings. The summed E-state index contributed by atoms with van der Waals surface area (Å²) in [5, 5.41) is 9.12. The second kappa shape index (κ2) is 4.05. The van der Waals surface area contributed by atoms with Gasteiger partial charge in [0.15, 0.2) is 0 Å². The first-order valence-electron chi connectivity index (χ1n) is 4.75. The van der Waals surface area contributed by atoms with Crippen LogP contribution in [-0.2, 0) is 12.8 Å². The molecule has 4 heteroatoms. The van der Waals surface area contributed by atoms with Crippen molar-refractivity contribution < 1.29 is 0 Å². The van der Waals surface area contributed by atoms with Crippen molar-refractivity contribution in [3.05, 3.63) is 11.4 Å². The van der Waals surface area contributed by atoms with E-state index in [4.69, 9.17) is 0 Å². The minimum absolute atomic E-state index is 0.836. The number of aryl methyl sites for hydroxylation is 2. The maximum Gasteiger partial charge on any atom is 0.209 e. The number of aromatic nitrogens is 3. The van der Waals surface area contributed by atoms with Crippen LogP contribution in [0.25, 0.3) is 0 Å². The molecule has 0 fully saturated rings. The van der Waals surface area contributed by atoms with E-state index in [1.807, 2.05) is 0 Å². The van der Waals surface area contributed by atoms with E-state index in [9.17, 15) is 0 Å². The lowest BCUT2D eigenvalue weighted by Crippen LogP contribution is -2.10. The van der Waals surface area contributed by atoms with Crippen molar-refractivity contribution in [1.82, 2.24) is 15.2 Å². The summed E-state index contributed by atoms with van der Waals surface area (Å²) >= 11 is 1.66. The number of nitrogens with zero attached hydrogens (tertiary/aromatic N) is 3. The smallest absolute Gasteiger partial charge is 0.209 e. The second-order valence-electron chi connectivity index (χ2n) is 3.13. The molecule has 0 amide bonds. The Morgan fingerprint density at radius 1 is 1.15 bits per heavy atom. The Balaban J connectivity index is 2.24. The van der Waals surface area contributed by atoms with Gasteiger partial charge in [0, 0.05) is 0 Å². The molecule has 0 N–H and O–H groups in total. The molecule has 0 spiro atoms. The van der Waals surface area contributed by atoms with Gasteiger partial charge in [0.25, 0.3) is 0 Å². The van der Waals surface area contributed by atoms with Crippen molar-refractivity contribution in [1.29, 1.82) is 0 Å². The Morgan fingerprint density at radius 3 is 2.69 bits per heavy atom. The van der Waals surface area contributed by atoms with E-state index < -0.39 is 0 Å². The summed E-state index contributed by atoms with van der Waals surface area (Å²) in [5.74, 6) is 1.01. The van der Waals surface area contributed by atoms with Crippen LogP contribution in [0.4, 0.5) is 0 Å². The molecule has 0 aromatic carbocycles. The molecular weight excluding hydrogens is 182 g/mol. The molecule has 13 heavy (non-hydrogen) atoms. The van der Waals surface area contributed by atoms with E-state index in [2.05, 4.69) is 22.1 Å². The number of thioether (sulfide) groups is 1. The van der Waals surface area contributed by atoms with Crippen LogP contribution in [-0.4, -0.2) is 20.9 Å². The third kappa shape index (κ3) is 1.99. The standard InChI is InChI=1S/C9H13N3S/c1-2-13-9-10-7-5-3-4-6-8(7)11-12-9/h2-6H2,1H3. The Bertz CT molecular complexity index is 301. The molecule has 2 rings (SSSR count). The van der Waals surface area contributed by atoms with Crippen LogP contribution in [0.3, 0.4) is 0 Å². The molecule has 0 radical (unpaired) electrons. The summed E-state index contributed by atoms with van der Waals surface area (Å²) in [6.45, 7) is 2.10. The van der Waals surface area contributed by atoms with Gasteiger partial charge in [-0.2, -0.15) is 5.10 Å². The summed E-state index contributed by atoms with van der Waals surface area (Å²) in [6.07, 6.45) is 4.64. The average Bonchev–Trinajstić information content (AvgIpc) is 2.18. The lowest BCUT2D eigenvalue weighted by Gasteiger charge is -2.12. The molecule has 0 unspecified atom stereocenters. The maximum atomic E-state index is 4.49. The van der Waals surface area contributed by atoms with Gasteiger partial charge in [-0.3, -0.25) is 0 Å². The lowest BCUT2D eigenvalue weighted by molar-refractivity contribution is 0.610. The predicted octanol–water partition coefficient (Wildman–Crippen LogP) is 1.86. The quantitative estimate of drug-likeness (QED) is 0.675. The van der Waals surface area contributed by atoms with Gasteiger partial charge in [0.2, 0.25) is 5.16 Å². The topological polar surface area (TPSA) is 38.7 Å². The molecule has 1 aromatic rings. The Labute approximate surface area is 82.4 Å². The molecule has 0 saturated heterocycles. The number of hydrogen-bond acceptors (Lipinski definition) is 4. The molecule has 1 aliphatic carbocycles. The van der Waals surface area contributed by atoms with Gasteiger partial charge in [0.05, 0.1) is 11.4 Å². The van der Waals surface area contributed by atoms with Crippen molar-refractivity contribution in [3.8, 4) is 0 Å². The minimum Gasteiger partial charge on any atom is -0.224 e. The molecular formula is C9H13N3S. The average molecular weight is 195 g/mol. The van der Waals surface area contributed by atoms with Gasteiger partial charge < -0.3 is 0 Å². The number of fused-ring (bicyclic) bond motifs is 1. The molecule has 0 aliphatic heterocycles. The van der Waals surface area contributed by atoms with Crippen molar-refractivity contribution in [2.75, 3.05) is 5.75 Å². The highest BCUT2D eigenvalue weighted by Crippen LogP contribution is 2.19. The Morgan fingerprint density at radius 2 is 1.92 bits per heavy atom. The normalized spacial score (nSPS) is 15.5. The first-order chi connectivity index (χ1) is 6.40. The molecule has 0 atom stereocenters. The van der Waals surface area contributed by atoms with E-state index in [1.165, 1.54) is 18.5 Å². The van der Waals surface area contributed by atoms with Crippen LogP contribution in [0.2, 0.25) is 0 Å². The second-order valence-corrected chi connectivity index (χ2v) is 4.36. The first kappa shape index (κ1) is 8.94. The zero-order chi connectivity index (χ0) is 9.10. The van der Waals surface area contributed by atoms with E-state index in [1.54, 1.807) is 11.8 Å². The van der Waals surface area contributed by atoms with Crippen LogP contribution < -0.4 is 0 Å². The minimum atomic E-state index is 0.836. The van der Waals surface area contributed by atoms with Crippen LogP contribution >= 0.6 is 11.8 Å². The fourth-order valence-electron chi connectivity index (χ4n) is 1.53. The van der Waals surface area contributed by atoms with E-state index in [-0.39, 0.29) is 0 Å². The third-order valence-corrected chi connectivity index (χ3v) is 2.89. The fourth-order valence-corrected chi connectivity index (χ4v) is 2.06. The molecule has 70 valence electrons. The first-order valence-corrected chi connectivity index (χ1v) is 5.74. The van der Waals surface area contributed by atoms with Crippen LogP contribution in [0.5, 0.6) is 0 Å². The Hall–Kier alpha value is -0.640. The van der Waals surface area contributed by atoms with Crippen LogP contribution in [0, 0.1) is 0 Å². The third-order valence-electron chi connectivity index (χ3n) is 2.17. The van der Waals surface area contributed by atoms with Crippen molar-refractivity contribution in [2.45, 2.75) is 37.8 Å². The van der Waals surface area contributed by atoms with Gasteiger partial charge >= 0.3 is 0 Å². The fraction of sp³-hybridized carbons (Fsp3) is 0.667. The molecule has 0 bridgehead atoms. The van der Waals surface area contributed by atoms with Gasteiger partial charge in [-0.25, -0.2) is 4.98 Å². The molecule has 3 nitrogen and oxygen atoms in total.